The Bertz CT molecular complexity index is 1800. The average Bonchev–Trinajstić information content (AvgIpc) is 3.05. The first-order chi connectivity index (χ1) is 22.6. The van der Waals surface area contributed by atoms with E-state index in [0.717, 1.165) is 17.7 Å². The SMILES string of the molecule is Cc1ccc(S(=O)(=O)N(CC(=O)N(Cc2ccc(F)cc2)[C@@H](Cc2ccccc2)C(=O)NCC(C)C)c2cccc(C(F)(F)F)c2)cc1. The fraction of sp³-hybridized carbons (Fsp3) is 0.278. The minimum absolute atomic E-state index is 0.0476. The maximum atomic E-state index is 14.4. The van der Waals surface area contributed by atoms with E-state index < -0.39 is 52.0 Å². The number of halogens is 4. The highest BCUT2D eigenvalue weighted by Crippen LogP contribution is 2.33. The molecule has 0 saturated heterocycles. The molecule has 0 aliphatic carbocycles. The summed E-state index contributed by atoms with van der Waals surface area (Å²) in [5, 5.41) is 2.85. The van der Waals surface area contributed by atoms with Gasteiger partial charge in [-0.3, -0.25) is 13.9 Å². The zero-order chi connectivity index (χ0) is 35.1. The van der Waals surface area contributed by atoms with E-state index in [9.17, 15) is 35.6 Å². The Morgan fingerprint density at radius 1 is 0.833 bits per heavy atom. The second-order valence-corrected chi connectivity index (χ2v) is 13.7. The van der Waals surface area contributed by atoms with Crippen LogP contribution in [0.3, 0.4) is 0 Å². The molecular formula is C36H37F4N3O4S. The molecule has 0 aromatic heterocycles. The quantitative estimate of drug-likeness (QED) is 0.158. The lowest BCUT2D eigenvalue weighted by atomic mass is 10.0. The number of amides is 2. The number of sulfonamides is 1. The van der Waals surface area contributed by atoms with Crippen LogP contribution in [0.15, 0.2) is 108 Å². The molecule has 4 aromatic carbocycles. The van der Waals surface area contributed by atoms with Gasteiger partial charge in [-0.1, -0.05) is 80.1 Å². The van der Waals surface area contributed by atoms with Crippen molar-refractivity contribution in [3.8, 4) is 0 Å². The Kier molecular flexibility index (Phi) is 11.6. The summed E-state index contributed by atoms with van der Waals surface area (Å²) < 4.78 is 83.9. The molecule has 12 heteroatoms. The highest BCUT2D eigenvalue weighted by atomic mass is 32.2. The molecule has 0 heterocycles. The lowest BCUT2D eigenvalue weighted by Crippen LogP contribution is -2.53. The molecule has 0 unspecified atom stereocenters. The molecule has 0 aliphatic heterocycles. The summed E-state index contributed by atoms with van der Waals surface area (Å²) in [5.41, 5.74) is 0.420. The van der Waals surface area contributed by atoms with Gasteiger partial charge >= 0.3 is 6.18 Å². The number of alkyl halides is 3. The number of hydrogen-bond donors (Lipinski definition) is 1. The summed E-state index contributed by atoms with van der Waals surface area (Å²) >= 11 is 0. The molecule has 4 rings (SSSR count). The zero-order valence-corrected chi connectivity index (χ0v) is 27.6. The maximum absolute atomic E-state index is 14.4. The number of anilines is 1. The van der Waals surface area contributed by atoms with Crippen LogP contribution in [0.5, 0.6) is 0 Å². The number of nitrogens with zero attached hydrogens (tertiary/aromatic N) is 2. The van der Waals surface area contributed by atoms with Crippen molar-refractivity contribution >= 4 is 27.5 Å². The van der Waals surface area contributed by atoms with Gasteiger partial charge in [-0.15, -0.1) is 0 Å². The largest absolute Gasteiger partial charge is 0.416 e. The van der Waals surface area contributed by atoms with Crippen LogP contribution in [-0.4, -0.2) is 44.3 Å². The second kappa shape index (κ2) is 15.5. The number of carbonyl (C=O) groups is 2. The standard InChI is InChI=1S/C36H37F4N3O4S/c1-25(2)22-41-35(45)33(20-27-8-5-4-6-9-27)42(23-28-14-16-30(37)17-15-28)34(44)24-43(31-11-7-10-29(21-31)36(38,39)40)48(46,47)32-18-12-26(3)13-19-32/h4-19,21,25,33H,20,22-24H2,1-3H3,(H,41,45)/t33-/m0/s1. The number of nitrogens with one attached hydrogen (secondary N) is 1. The van der Waals surface area contributed by atoms with Crippen molar-refractivity contribution in [3.63, 3.8) is 0 Å². The van der Waals surface area contributed by atoms with Crippen LogP contribution in [-0.2, 0) is 38.8 Å². The lowest BCUT2D eigenvalue weighted by Gasteiger charge is -2.34. The molecule has 7 nitrogen and oxygen atoms in total. The molecule has 2 amide bonds. The fourth-order valence-electron chi connectivity index (χ4n) is 4.97. The molecule has 0 radical (unpaired) electrons. The van der Waals surface area contributed by atoms with Crippen LogP contribution in [0.2, 0.25) is 0 Å². The highest BCUT2D eigenvalue weighted by Gasteiger charge is 2.36. The number of benzene rings is 4. The van der Waals surface area contributed by atoms with Crippen LogP contribution in [0.25, 0.3) is 0 Å². The number of hydrogen-bond acceptors (Lipinski definition) is 4. The van der Waals surface area contributed by atoms with Crippen LogP contribution in [0.1, 0.15) is 36.1 Å². The van der Waals surface area contributed by atoms with Crippen molar-refractivity contribution in [1.82, 2.24) is 10.2 Å². The summed E-state index contributed by atoms with van der Waals surface area (Å²) in [6.07, 6.45) is -4.74. The third kappa shape index (κ3) is 9.43. The number of rotatable bonds is 13. The average molecular weight is 684 g/mol. The summed E-state index contributed by atoms with van der Waals surface area (Å²) in [6.45, 7) is 4.69. The Labute approximate surface area is 278 Å². The van der Waals surface area contributed by atoms with Crippen molar-refractivity contribution in [3.05, 3.63) is 131 Å². The van der Waals surface area contributed by atoms with E-state index in [0.29, 0.717) is 28.0 Å². The smallest absolute Gasteiger partial charge is 0.354 e. The zero-order valence-electron chi connectivity index (χ0n) is 26.7. The van der Waals surface area contributed by atoms with E-state index >= 15 is 0 Å². The minimum atomic E-state index is -4.79. The Hall–Kier alpha value is -4.71. The Morgan fingerprint density at radius 2 is 1.48 bits per heavy atom. The van der Waals surface area contributed by atoms with Crippen molar-refractivity contribution in [2.75, 3.05) is 17.4 Å². The maximum Gasteiger partial charge on any atom is 0.416 e. The minimum Gasteiger partial charge on any atom is -0.354 e. The normalized spacial score (nSPS) is 12.4. The topological polar surface area (TPSA) is 86.8 Å². The van der Waals surface area contributed by atoms with Gasteiger partial charge in [-0.25, -0.2) is 12.8 Å². The van der Waals surface area contributed by atoms with E-state index in [1.54, 1.807) is 37.3 Å². The van der Waals surface area contributed by atoms with Crippen LogP contribution in [0, 0.1) is 18.7 Å². The first-order valence-electron chi connectivity index (χ1n) is 15.3. The second-order valence-electron chi connectivity index (χ2n) is 11.9. The van der Waals surface area contributed by atoms with Gasteiger partial charge in [0.15, 0.2) is 0 Å². The molecule has 0 spiro atoms. The third-order valence-electron chi connectivity index (χ3n) is 7.57. The molecule has 0 fully saturated rings. The first-order valence-corrected chi connectivity index (χ1v) is 16.7. The highest BCUT2D eigenvalue weighted by molar-refractivity contribution is 7.92. The van der Waals surface area contributed by atoms with Crippen molar-refractivity contribution in [2.24, 2.45) is 5.92 Å². The first kappa shape index (κ1) is 36.1. The molecule has 0 aliphatic rings. The number of aryl methyl sites for hydroxylation is 1. The Balaban J connectivity index is 1.84. The van der Waals surface area contributed by atoms with E-state index in [-0.39, 0.29) is 29.5 Å². The predicted octanol–water partition coefficient (Wildman–Crippen LogP) is 6.76. The van der Waals surface area contributed by atoms with Crippen molar-refractivity contribution < 1.29 is 35.6 Å². The van der Waals surface area contributed by atoms with Gasteiger partial charge < -0.3 is 10.2 Å². The van der Waals surface area contributed by atoms with Crippen molar-refractivity contribution in [1.29, 1.82) is 0 Å². The van der Waals surface area contributed by atoms with Crippen LogP contribution < -0.4 is 9.62 Å². The fourth-order valence-corrected chi connectivity index (χ4v) is 6.37. The molecule has 1 N–H and O–H groups in total. The van der Waals surface area contributed by atoms with Gasteiger partial charge in [-0.2, -0.15) is 13.2 Å². The Morgan fingerprint density at radius 3 is 2.08 bits per heavy atom. The third-order valence-corrected chi connectivity index (χ3v) is 9.36. The molecule has 48 heavy (non-hydrogen) atoms. The molecule has 1 atom stereocenters. The lowest BCUT2D eigenvalue weighted by molar-refractivity contribution is -0.140. The summed E-state index contributed by atoms with van der Waals surface area (Å²) in [6, 6.07) is 22.4. The van der Waals surface area contributed by atoms with Crippen LogP contribution in [0.4, 0.5) is 23.2 Å². The van der Waals surface area contributed by atoms with Crippen molar-refractivity contribution in [2.45, 2.75) is 50.9 Å². The van der Waals surface area contributed by atoms with Gasteiger partial charge in [0.2, 0.25) is 11.8 Å². The molecule has 0 bridgehead atoms. The van der Waals surface area contributed by atoms with E-state index in [1.165, 1.54) is 59.5 Å². The van der Waals surface area contributed by atoms with Crippen LogP contribution >= 0.6 is 0 Å². The number of carbonyl (C=O) groups excluding carboxylic acids is 2. The van der Waals surface area contributed by atoms with Gasteiger partial charge in [-0.05, 0) is 66.4 Å². The monoisotopic (exact) mass is 683 g/mol. The molecule has 0 saturated carbocycles. The van der Waals surface area contributed by atoms with Gasteiger partial charge in [0.1, 0.15) is 18.4 Å². The molecule has 254 valence electrons. The summed E-state index contributed by atoms with van der Waals surface area (Å²) in [4.78, 5) is 29.2. The van der Waals surface area contributed by atoms with Gasteiger partial charge in [0, 0.05) is 19.5 Å². The van der Waals surface area contributed by atoms with E-state index in [1.807, 2.05) is 13.8 Å². The van der Waals surface area contributed by atoms with E-state index in [2.05, 4.69) is 5.32 Å². The molecule has 4 aromatic rings. The summed E-state index contributed by atoms with van der Waals surface area (Å²) in [5.74, 6) is -1.81. The van der Waals surface area contributed by atoms with Gasteiger partial charge in [0.25, 0.3) is 10.0 Å². The van der Waals surface area contributed by atoms with Gasteiger partial charge in [0.05, 0.1) is 16.1 Å². The van der Waals surface area contributed by atoms with E-state index in [4.69, 9.17) is 0 Å². The predicted molar refractivity (Wildman–Crippen MR) is 176 cm³/mol. The summed E-state index contributed by atoms with van der Waals surface area (Å²) in [7, 11) is -4.60. The molecular weight excluding hydrogens is 646 g/mol.